The number of unbranched alkanes of at least 4 members (excludes halogenated alkanes) is 1. The lowest BCUT2D eigenvalue weighted by molar-refractivity contribution is -0.187. The maximum absolute atomic E-state index is 14.6. The molecule has 0 spiro atoms. The second-order valence-corrected chi connectivity index (χ2v) is 24.3. The number of nitrogens with one attached hydrogen (secondary N) is 4. The van der Waals surface area contributed by atoms with E-state index in [4.69, 9.17) is 45.8 Å². The minimum absolute atomic E-state index is 0.0118. The largest absolute Gasteiger partial charge is 0.495 e. The Labute approximate surface area is 521 Å². The highest BCUT2D eigenvalue weighted by molar-refractivity contribution is 6.35. The van der Waals surface area contributed by atoms with Gasteiger partial charge in [0, 0.05) is 46.5 Å². The Balaban J connectivity index is 1.36. The number of fused-ring (bicyclic) bond motifs is 5. The van der Waals surface area contributed by atoms with Gasteiger partial charge in [0.25, 0.3) is 5.91 Å². The number of ether oxygens (including phenoxy) is 6. The fourth-order valence-electron chi connectivity index (χ4n) is 11.1. The highest BCUT2D eigenvalue weighted by atomic mass is 35.5. The molecule has 0 saturated carbocycles. The van der Waals surface area contributed by atoms with Gasteiger partial charge in [-0.1, -0.05) is 82.2 Å². The van der Waals surface area contributed by atoms with E-state index in [0.717, 1.165) is 16.0 Å². The summed E-state index contributed by atoms with van der Waals surface area (Å²) in [4.78, 5) is 125. The fourth-order valence-corrected chi connectivity index (χ4v) is 11.5. The Hall–Kier alpha value is -7.08. The van der Waals surface area contributed by atoms with Crippen LogP contribution in [0.5, 0.6) is 5.75 Å². The Bertz CT molecular complexity index is 2900. The number of urea groups is 1. The van der Waals surface area contributed by atoms with Gasteiger partial charge in [0.15, 0.2) is 0 Å². The first kappa shape index (κ1) is 71.7. The van der Waals surface area contributed by atoms with Crippen molar-refractivity contribution in [2.75, 3.05) is 45.1 Å². The Kier molecular flexibility index (Phi) is 26.4. The number of carbonyl (C=O) groups excluding carboxylic acids is 9. The van der Waals surface area contributed by atoms with E-state index in [2.05, 4.69) is 21.3 Å². The predicted octanol–water partition coefficient (Wildman–Crippen LogP) is 7.02. The number of aliphatic hydroxyl groups is 1. The minimum atomic E-state index is -1.68. The highest BCUT2D eigenvalue weighted by Gasteiger charge is 2.64. The van der Waals surface area contributed by atoms with Crippen molar-refractivity contribution in [3.63, 3.8) is 0 Å². The zero-order chi connectivity index (χ0) is 65.4. The van der Waals surface area contributed by atoms with Crippen molar-refractivity contribution in [3.8, 4) is 5.75 Å². The van der Waals surface area contributed by atoms with Crippen molar-refractivity contribution in [1.82, 2.24) is 20.9 Å². The number of halogens is 1. The van der Waals surface area contributed by atoms with Gasteiger partial charge in [0.2, 0.25) is 23.6 Å². The van der Waals surface area contributed by atoms with Crippen LogP contribution in [0.3, 0.4) is 0 Å². The first-order valence-electron chi connectivity index (χ1n) is 30.3. The van der Waals surface area contributed by atoms with Crippen LogP contribution in [0, 0.1) is 17.8 Å². The zero-order valence-corrected chi connectivity index (χ0v) is 53.9. The smallest absolute Gasteiger partial charge is 0.328 e. The van der Waals surface area contributed by atoms with Gasteiger partial charge >= 0.3 is 23.9 Å². The maximum atomic E-state index is 14.6. The van der Waals surface area contributed by atoms with Gasteiger partial charge in [-0.3, -0.25) is 33.6 Å². The van der Waals surface area contributed by atoms with E-state index in [1.807, 2.05) is 33.8 Å². The molecule has 4 bridgehead atoms. The lowest BCUT2D eigenvalue weighted by Crippen LogP contribution is -2.54. The number of hydrogen-bond donors (Lipinski definition) is 6. The number of epoxide rings is 1. The molecule has 2 aromatic rings. The van der Waals surface area contributed by atoms with E-state index in [1.165, 1.54) is 52.3 Å². The standard InChI is InChI=1S/C64H92ClN7O16/c1-14-42(15-2)61(80)85-38(6)23-16-19-28-51(73)70-55(36(3)4)58(77)69-45(26-21-29-67-62(66)81)57(76)68-44-25-18-17-24-43(44)59(78)71(10)40(8)60(79)87-50-33-52(74)72(11)46-31-41(32-47(83-12)54(46)65)30-37(5)22-20-27-49(84-13)64(82)34-48(86-53(75)35-64)39(7)56-63(50,9)88-56/h17-18,20,22,24-25,27,31-32,36,38-40,42,45,48-50,55-56,82H,14-16,19,21,23,26,28-30,33-35H2,1-13H3,(H,68,76)(H,69,77)(H,70,73)(H3,66,67,81)/b27-20+,37-22+/t38?,39-,40?,45+,48+,49-,50+,55+,56+,63+,64-/m1/s1. The van der Waals surface area contributed by atoms with Crippen molar-refractivity contribution < 1.29 is 76.7 Å². The highest BCUT2D eigenvalue weighted by Crippen LogP contribution is 2.50. The number of allylic oxidation sites excluding steroid dienone is 3. The molecular formula is C64H92ClN7O16. The first-order valence-corrected chi connectivity index (χ1v) is 30.7. The molecule has 7 N–H and O–H groups in total. The summed E-state index contributed by atoms with van der Waals surface area (Å²) in [7, 11) is 5.78. The van der Waals surface area contributed by atoms with Crippen molar-refractivity contribution in [2.45, 2.75) is 199 Å². The number of para-hydroxylation sites is 1. The molecule has 7 amide bonds. The van der Waals surface area contributed by atoms with Gasteiger partial charge in [-0.25, -0.2) is 9.59 Å². The van der Waals surface area contributed by atoms with Crippen molar-refractivity contribution in [2.24, 2.45) is 23.5 Å². The molecule has 88 heavy (non-hydrogen) atoms. The third-order valence-corrected chi connectivity index (χ3v) is 17.3. The summed E-state index contributed by atoms with van der Waals surface area (Å²) in [6.45, 7) is 16.0. The Morgan fingerprint density at radius 3 is 2.30 bits per heavy atom. The summed E-state index contributed by atoms with van der Waals surface area (Å²) in [5.41, 5.74) is 4.15. The molecular weight excluding hydrogens is 1160 g/mol. The molecule has 486 valence electrons. The van der Waals surface area contributed by atoms with Gasteiger partial charge in [-0.2, -0.15) is 0 Å². The number of hydrogen-bond acceptors (Lipinski definition) is 16. The summed E-state index contributed by atoms with van der Waals surface area (Å²) < 4.78 is 35.5. The molecule has 2 aromatic carbocycles. The predicted molar refractivity (Wildman–Crippen MR) is 330 cm³/mol. The number of benzene rings is 2. The normalized spacial score (nSPS) is 24.4. The topological polar surface area (TPSA) is 313 Å². The Morgan fingerprint density at radius 1 is 0.955 bits per heavy atom. The molecule has 0 radical (unpaired) electrons. The van der Waals surface area contributed by atoms with Crippen LogP contribution in [0.1, 0.15) is 149 Å². The van der Waals surface area contributed by atoms with E-state index in [-0.39, 0.29) is 72.9 Å². The molecule has 2 saturated heterocycles. The molecule has 0 aromatic heterocycles. The number of likely N-dealkylation sites (N-methyl/N-ethyl adjacent to an activating group) is 1. The maximum Gasteiger partial charge on any atom is 0.328 e. The summed E-state index contributed by atoms with van der Waals surface area (Å²) in [6.07, 6.45) is 3.84. The lowest BCUT2D eigenvalue weighted by atomic mass is 9.78. The van der Waals surface area contributed by atoms with E-state index < -0.39 is 120 Å². The molecule has 23 nitrogen and oxygen atoms in total. The van der Waals surface area contributed by atoms with E-state index in [0.29, 0.717) is 50.0 Å². The van der Waals surface area contributed by atoms with Crippen LogP contribution in [-0.4, -0.2) is 158 Å². The lowest BCUT2D eigenvalue weighted by Gasteiger charge is -2.41. The molecule has 11 atom stereocenters. The average molecular weight is 1250 g/mol. The number of nitrogens with two attached hydrogens (primary N) is 1. The number of primary amides is 1. The molecule has 2 unspecified atom stereocenters. The number of esters is 3. The number of carbonyl (C=O) groups is 9. The van der Waals surface area contributed by atoms with Crippen LogP contribution in [0.15, 0.2) is 60.2 Å². The monoisotopic (exact) mass is 1250 g/mol. The number of nitrogens with zero attached hydrogens (tertiary/aromatic N) is 2. The third-order valence-electron chi connectivity index (χ3n) is 16.9. The fraction of sp³-hybridized carbons (Fsp3) is 0.609. The second kappa shape index (κ2) is 32.4. The minimum Gasteiger partial charge on any atom is -0.495 e. The van der Waals surface area contributed by atoms with E-state index in [1.54, 1.807) is 64.1 Å². The number of amides is 7. The average Bonchev–Trinajstić information content (AvgIpc) is 1.78. The second-order valence-electron chi connectivity index (χ2n) is 24.0. The molecule has 0 aliphatic carbocycles. The molecule has 24 heteroatoms. The summed E-state index contributed by atoms with van der Waals surface area (Å²) in [5, 5.41) is 23.0. The van der Waals surface area contributed by atoms with Gasteiger partial charge in [-0.05, 0) is 115 Å². The Morgan fingerprint density at radius 2 is 1.65 bits per heavy atom. The number of anilines is 2. The molecule has 2 fully saturated rings. The van der Waals surface area contributed by atoms with Crippen LogP contribution in [0.2, 0.25) is 5.02 Å². The van der Waals surface area contributed by atoms with Crippen LogP contribution >= 0.6 is 11.6 Å². The zero-order valence-electron chi connectivity index (χ0n) is 53.2. The quantitative estimate of drug-likeness (QED) is 0.0252. The summed E-state index contributed by atoms with van der Waals surface area (Å²) in [5.74, 6) is -5.77. The molecule has 5 rings (SSSR count). The number of rotatable bonds is 25. The van der Waals surface area contributed by atoms with Crippen molar-refractivity contribution in [1.29, 1.82) is 0 Å². The third kappa shape index (κ3) is 19.0. The van der Waals surface area contributed by atoms with Crippen LogP contribution in [0.4, 0.5) is 16.2 Å². The molecule has 3 aliphatic heterocycles. The SMILES string of the molecule is CCC(CC)C(=O)OC(C)CCCCC(=O)N[C@H](C(=O)N[C@@H](CCCNC(N)=O)C(=O)Nc1ccccc1C(=O)N(C)C(C)C(=O)O[C@H]1CC(=O)N(C)c2cc(cc(OC)c2Cl)C/C(C)=C/C=C/[C@@H](OC)[C@]2(O)CC(=O)O[C@@H](C2)[C@@H](C)[C@@H]2O[C@@]12C)C(C)C. The molecule has 3 aliphatic rings. The van der Waals surface area contributed by atoms with Gasteiger partial charge in [-0.15, -0.1) is 0 Å². The van der Waals surface area contributed by atoms with E-state index in [9.17, 15) is 48.3 Å². The molecule has 3 heterocycles. The van der Waals surface area contributed by atoms with Crippen molar-refractivity contribution >= 4 is 76.5 Å². The summed E-state index contributed by atoms with van der Waals surface area (Å²) in [6, 6.07) is 5.10. The summed E-state index contributed by atoms with van der Waals surface area (Å²) >= 11 is 6.88. The van der Waals surface area contributed by atoms with Crippen molar-refractivity contribution in [3.05, 3.63) is 76.3 Å². The van der Waals surface area contributed by atoms with Gasteiger partial charge < -0.3 is 70.3 Å². The van der Waals surface area contributed by atoms with Gasteiger partial charge in [0.05, 0.1) is 55.0 Å². The first-order chi connectivity index (χ1) is 41.5. The van der Waals surface area contributed by atoms with Gasteiger partial charge in [0.1, 0.15) is 58.4 Å². The number of methoxy groups -OCH3 is 2. The van der Waals surface area contributed by atoms with E-state index >= 15 is 0 Å². The van der Waals surface area contributed by atoms with Crippen LogP contribution in [0.25, 0.3) is 0 Å². The van der Waals surface area contributed by atoms with Crippen LogP contribution < -0.4 is 36.6 Å². The van der Waals surface area contributed by atoms with Crippen LogP contribution in [-0.2, 0) is 63.7 Å².